The van der Waals surface area contributed by atoms with Gasteiger partial charge in [-0.3, -0.25) is 4.79 Å². The van der Waals surface area contributed by atoms with Crippen LogP contribution in [0.5, 0.6) is 0 Å². The van der Waals surface area contributed by atoms with Gasteiger partial charge in [-0.25, -0.2) is 4.79 Å². The van der Waals surface area contributed by atoms with Crippen LogP contribution in [0.4, 0.5) is 21.9 Å². The summed E-state index contributed by atoms with van der Waals surface area (Å²) in [5.41, 5.74) is 2.60. The molecular weight excluding hydrogens is 290 g/mol. The van der Waals surface area contributed by atoms with Crippen molar-refractivity contribution in [2.45, 2.75) is 19.3 Å². The Labute approximate surface area is 135 Å². The summed E-state index contributed by atoms with van der Waals surface area (Å²) >= 11 is 0. The van der Waals surface area contributed by atoms with Gasteiger partial charge in [-0.15, -0.1) is 0 Å². The van der Waals surface area contributed by atoms with Gasteiger partial charge in [0.1, 0.15) is 0 Å². The Morgan fingerprint density at radius 3 is 2.35 bits per heavy atom. The maximum absolute atomic E-state index is 12.3. The number of likely N-dealkylation sites (N-methyl/N-ethyl adjacent to an activating group) is 1. The summed E-state index contributed by atoms with van der Waals surface area (Å²) in [5.74, 6) is 0.0541. The molecule has 2 N–H and O–H groups in total. The molecule has 0 atom stereocenters. The van der Waals surface area contributed by atoms with E-state index < -0.39 is 5.41 Å². The molecule has 0 saturated heterocycles. The number of para-hydroxylation sites is 1. The third kappa shape index (κ3) is 2.65. The quantitative estimate of drug-likeness (QED) is 0.890. The van der Waals surface area contributed by atoms with E-state index in [1.54, 1.807) is 18.0 Å². The fourth-order valence-electron chi connectivity index (χ4n) is 2.87. The van der Waals surface area contributed by atoms with Crippen molar-refractivity contribution in [1.82, 2.24) is 0 Å². The summed E-state index contributed by atoms with van der Waals surface area (Å²) in [6, 6.07) is 14.4. The van der Waals surface area contributed by atoms with Crippen LogP contribution in [-0.2, 0) is 10.2 Å². The molecule has 0 fully saturated rings. The number of nitrogens with one attached hydrogen (secondary N) is 2. The molecule has 0 aliphatic carbocycles. The highest BCUT2D eigenvalue weighted by molar-refractivity contribution is 6.08. The van der Waals surface area contributed by atoms with Gasteiger partial charge in [0.05, 0.1) is 5.41 Å². The van der Waals surface area contributed by atoms with Crippen LogP contribution in [0.25, 0.3) is 0 Å². The monoisotopic (exact) mass is 309 g/mol. The number of amides is 3. The number of benzene rings is 2. The molecule has 118 valence electrons. The standard InChI is InChI=1S/C18H19N3O2/c1-18(2)14-11-13(9-10-15(14)21(3)16(18)22)20-17(23)19-12-7-5-4-6-8-12/h4-11H,1-3H3,(H2,19,20,23). The van der Waals surface area contributed by atoms with Crippen molar-refractivity contribution in [3.05, 3.63) is 54.1 Å². The van der Waals surface area contributed by atoms with Gasteiger partial charge in [-0.05, 0) is 49.7 Å². The van der Waals surface area contributed by atoms with Crippen LogP contribution in [-0.4, -0.2) is 19.0 Å². The molecular formula is C18H19N3O2. The van der Waals surface area contributed by atoms with Gasteiger partial charge in [-0.1, -0.05) is 18.2 Å². The molecule has 1 aliphatic heterocycles. The summed E-state index contributed by atoms with van der Waals surface area (Å²) in [5, 5.41) is 5.58. The largest absolute Gasteiger partial charge is 0.323 e. The minimum atomic E-state index is -0.586. The third-order valence-corrected chi connectivity index (χ3v) is 4.16. The molecule has 0 saturated carbocycles. The van der Waals surface area contributed by atoms with Crippen LogP contribution in [0.15, 0.2) is 48.5 Å². The molecule has 5 heteroatoms. The summed E-state index contributed by atoms with van der Waals surface area (Å²) in [4.78, 5) is 26.0. The van der Waals surface area contributed by atoms with E-state index in [-0.39, 0.29) is 11.9 Å². The molecule has 5 nitrogen and oxygen atoms in total. The Hall–Kier alpha value is -2.82. The predicted molar refractivity (Wildman–Crippen MR) is 92.0 cm³/mol. The number of nitrogens with zero attached hydrogens (tertiary/aromatic N) is 1. The summed E-state index contributed by atoms with van der Waals surface area (Å²) < 4.78 is 0. The highest BCUT2D eigenvalue weighted by Crippen LogP contribution is 2.41. The topological polar surface area (TPSA) is 61.4 Å². The second-order valence-corrected chi connectivity index (χ2v) is 6.17. The average molecular weight is 309 g/mol. The van der Waals surface area contributed by atoms with E-state index in [2.05, 4.69) is 10.6 Å². The third-order valence-electron chi connectivity index (χ3n) is 4.16. The second-order valence-electron chi connectivity index (χ2n) is 6.17. The lowest BCUT2D eigenvalue weighted by atomic mass is 9.86. The van der Waals surface area contributed by atoms with Gasteiger partial charge in [0.2, 0.25) is 5.91 Å². The van der Waals surface area contributed by atoms with Crippen molar-refractivity contribution in [2.75, 3.05) is 22.6 Å². The highest BCUT2D eigenvalue weighted by Gasteiger charge is 2.42. The molecule has 0 unspecified atom stereocenters. The van der Waals surface area contributed by atoms with Gasteiger partial charge >= 0.3 is 6.03 Å². The van der Waals surface area contributed by atoms with Crippen molar-refractivity contribution >= 4 is 29.0 Å². The fourth-order valence-corrected chi connectivity index (χ4v) is 2.87. The van der Waals surface area contributed by atoms with Gasteiger partial charge in [0.15, 0.2) is 0 Å². The Balaban J connectivity index is 1.80. The first-order valence-electron chi connectivity index (χ1n) is 7.45. The van der Waals surface area contributed by atoms with E-state index in [0.717, 1.165) is 16.9 Å². The first-order chi connectivity index (χ1) is 10.9. The highest BCUT2D eigenvalue weighted by atomic mass is 16.2. The molecule has 0 spiro atoms. The molecule has 23 heavy (non-hydrogen) atoms. The number of urea groups is 1. The number of anilines is 3. The lowest BCUT2D eigenvalue weighted by Gasteiger charge is -2.17. The molecule has 0 aromatic heterocycles. The molecule has 0 radical (unpaired) electrons. The van der Waals surface area contributed by atoms with E-state index in [4.69, 9.17) is 0 Å². The summed E-state index contributed by atoms with van der Waals surface area (Å²) in [6.07, 6.45) is 0. The molecule has 3 rings (SSSR count). The van der Waals surface area contributed by atoms with Crippen LogP contribution in [0.1, 0.15) is 19.4 Å². The van der Waals surface area contributed by atoms with E-state index in [1.165, 1.54) is 0 Å². The molecule has 1 heterocycles. The second kappa shape index (κ2) is 5.43. The minimum absolute atomic E-state index is 0.0541. The van der Waals surface area contributed by atoms with Crippen molar-refractivity contribution in [2.24, 2.45) is 0 Å². The van der Waals surface area contributed by atoms with Crippen LogP contribution in [0.3, 0.4) is 0 Å². The average Bonchev–Trinajstić information content (AvgIpc) is 2.69. The van der Waals surface area contributed by atoms with Gasteiger partial charge < -0.3 is 15.5 Å². The van der Waals surface area contributed by atoms with Crippen molar-refractivity contribution in [1.29, 1.82) is 0 Å². The predicted octanol–water partition coefficient (Wildman–Crippen LogP) is 3.58. The van der Waals surface area contributed by atoms with Crippen molar-refractivity contribution < 1.29 is 9.59 Å². The smallest absolute Gasteiger partial charge is 0.314 e. The van der Waals surface area contributed by atoms with Gasteiger partial charge in [-0.2, -0.15) is 0 Å². The molecule has 2 aromatic carbocycles. The lowest BCUT2D eigenvalue weighted by Crippen LogP contribution is -2.33. The first-order valence-corrected chi connectivity index (χ1v) is 7.45. The van der Waals surface area contributed by atoms with Crippen molar-refractivity contribution in [3.8, 4) is 0 Å². The number of hydrogen-bond donors (Lipinski definition) is 2. The minimum Gasteiger partial charge on any atom is -0.314 e. The first kappa shape index (κ1) is 15.1. The Bertz CT molecular complexity index is 769. The van der Waals surface area contributed by atoms with Crippen molar-refractivity contribution in [3.63, 3.8) is 0 Å². The summed E-state index contributed by atoms with van der Waals surface area (Å²) in [7, 11) is 1.77. The summed E-state index contributed by atoms with van der Waals surface area (Å²) in [6.45, 7) is 3.79. The molecule has 0 bridgehead atoms. The van der Waals surface area contributed by atoms with Crippen LogP contribution < -0.4 is 15.5 Å². The number of rotatable bonds is 2. The van der Waals surface area contributed by atoms with Gasteiger partial charge in [0.25, 0.3) is 0 Å². The maximum Gasteiger partial charge on any atom is 0.323 e. The van der Waals surface area contributed by atoms with Crippen LogP contribution >= 0.6 is 0 Å². The van der Waals surface area contributed by atoms with E-state index in [9.17, 15) is 9.59 Å². The number of carbonyl (C=O) groups is 2. The Kier molecular flexibility index (Phi) is 3.56. The van der Waals surface area contributed by atoms with E-state index in [0.29, 0.717) is 5.69 Å². The van der Waals surface area contributed by atoms with E-state index >= 15 is 0 Å². The number of fused-ring (bicyclic) bond motifs is 1. The zero-order chi connectivity index (χ0) is 16.6. The Morgan fingerprint density at radius 2 is 1.65 bits per heavy atom. The molecule has 3 amide bonds. The molecule has 1 aliphatic rings. The van der Waals surface area contributed by atoms with Crippen LogP contribution in [0, 0.1) is 0 Å². The normalized spacial score (nSPS) is 15.3. The van der Waals surface area contributed by atoms with Gasteiger partial charge in [0, 0.05) is 24.1 Å². The van der Waals surface area contributed by atoms with Crippen LogP contribution in [0.2, 0.25) is 0 Å². The zero-order valence-electron chi connectivity index (χ0n) is 13.4. The fraction of sp³-hybridized carbons (Fsp3) is 0.222. The SMILES string of the molecule is CN1C(=O)C(C)(C)c2cc(NC(=O)Nc3ccccc3)ccc21. The zero-order valence-corrected chi connectivity index (χ0v) is 13.4. The molecule has 2 aromatic rings. The maximum atomic E-state index is 12.3. The number of carbonyl (C=O) groups excluding carboxylic acids is 2. The number of hydrogen-bond acceptors (Lipinski definition) is 2. The lowest BCUT2D eigenvalue weighted by molar-refractivity contribution is -0.121. The van der Waals surface area contributed by atoms with E-state index in [1.807, 2.05) is 56.3 Å². The Morgan fingerprint density at radius 1 is 1.00 bits per heavy atom.